The average molecular weight is 335 g/mol. The van der Waals surface area contributed by atoms with E-state index < -0.39 is 0 Å². The Bertz CT molecular complexity index is 639. The Morgan fingerprint density at radius 3 is 2.96 bits per heavy atom. The standard InChI is InChI=1S/C16H19ClN4O2/c17-12-2-1-3-13(10-12)19-16(22)11-14-18-5-4-15(20-14)21-6-8-23-9-7-21/h1-3,10H,4-9,11H2,(H,19,22). The van der Waals surface area contributed by atoms with Crippen molar-refractivity contribution in [3.8, 4) is 0 Å². The van der Waals surface area contributed by atoms with Crippen LogP contribution in [-0.2, 0) is 9.53 Å². The van der Waals surface area contributed by atoms with Gasteiger partial charge in [-0.15, -0.1) is 0 Å². The van der Waals surface area contributed by atoms with Crippen LogP contribution in [0.5, 0.6) is 0 Å². The van der Waals surface area contributed by atoms with E-state index in [4.69, 9.17) is 16.3 Å². The molecular weight excluding hydrogens is 316 g/mol. The predicted molar refractivity (Wildman–Crippen MR) is 91.4 cm³/mol. The molecule has 0 unspecified atom stereocenters. The molecule has 0 bridgehead atoms. The maximum Gasteiger partial charge on any atom is 0.232 e. The topological polar surface area (TPSA) is 66.3 Å². The van der Waals surface area contributed by atoms with Crippen LogP contribution in [0.4, 0.5) is 5.69 Å². The second-order valence-corrected chi connectivity index (χ2v) is 5.85. The number of morpholine rings is 1. The third-order valence-corrected chi connectivity index (χ3v) is 3.93. The lowest BCUT2D eigenvalue weighted by Crippen LogP contribution is -2.42. The Hall–Kier alpha value is -1.92. The first kappa shape index (κ1) is 16.0. The summed E-state index contributed by atoms with van der Waals surface area (Å²) in [7, 11) is 0. The number of hydrogen-bond acceptors (Lipinski definition) is 5. The summed E-state index contributed by atoms with van der Waals surface area (Å²) in [5.41, 5.74) is 0.677. The molecule has 1 N–H and O–H groups in total. The van der Waals surface area contributed by atoms with Gasteiger partial charge in [-0.3, -0.25) is 9.79 Å². The van der Waals surface area contributed by atoms with Gasteiger partial charge in [-0.1, -0.05) is 17.7 Å². The van der Waals surface area contributed by atoms with E-state index in [-0.39, 0.29) is 12.3 Å². The van der Waals surface area contributed by atoms with Crippen molar-refractivity contribution < 1.29 is 9.53 Å². The van der Waals surface area contributed by atoms with Crippen molar-refractivity contribution in [3.63, 3.8) is 0 Å². The van der Waals surface area contributed by atoms with Gasteiger partial charge in [0.25, 0.3) is 0 Å². The van der Waals surface area contributed by atoms with Crippen molar-refractivity contribution in [1.29, 1.82) is 0 Å². The van der Waals surface area contributed by atoms with Crippen molar-refractivity contribution in [2.45, 2.75) is 12.8 Å². The second kappa shape index (κ2) is 7.57. The highest BCUT2D eigenvalue weighted by atomic mass is 35.5. The van der Waals surface area contributed by atoms with E-state index in [2.05, 4.69) is 20.2 Å². The van der Waals surface area contributed by atoms with E-state index in [9.17, 15) is 4.79 Å². The fraction of sp³-hybridized carbons (Fsp3) is 0.438. The van der Waals surface area contributed by atoms with E-state index in [1.165, 1.54) is 0 Å². The maximum absolute atomic E-state index is 12.1. The number of carbonyl (C=O) groups excluding carboxylic acids is 1. The lowest BCUT2D eigenvalue weighted by Gasteiger charge is -2.30. The van der Waals surface area contributed by atoms with Crippen molar-refractivity contribution in [3.05, 3.63) is 29.3 Å². The number of carbonyl (C=O) groups is 1. The summed E-state index contributed by atoms with van der Waals surface area (Å²) in [5, 5.41) is 3.41. The lowest BCUT2D eigenvalue weighted by atomic mass is 10.2. The first-order valence-electron chi connectivity index (χ1n) is 7.70. The van der Waals surface area contributed by atoms with Crippen LogP contribution in [0.15, 0.2) is 34.3 Å². The molecule has 7 heteroatoms. The SMILES string of the molecule is O=C(CC1=NCCC(N2CCOCC2)=N1)Nc1cccc(Cl)c1. The minimum absolute atomic E-state index is 0.141. The third kappa shape index (κ3) is 4.53. The lowest BCUT2D eigenvalue weighted by molar-refractivity contribution is -0.115. The van der Waals surface area contributed by atoms with Gasteiger partial charge in [0.15, 0.2) is 0 Å². The van der Waals surface area contributed by atoms with Gasteiger partial charge >= 0.3 is 0 Å². The first-order chi connectivity index (χ1) is 11.2. The zero-order valence-electron chi connectivity index (χ0n) is 12.8. The number of ether oxygens (including phenoxy) is 1. The van der Waals surface area contributed by atoms with E-state index in [1.54, 1.807) is 24.3 Å². The molecule has 2 aliphatic rings. The van der Waals surface area contributed by atoms with Crippen LogP contribution in [0.1, 0.15) is 12.8 Å². The number of hydrogen-bond donors (Lipinski definition) is 1. The summed E-state index contributed by atoms with van der Waals surface area (Å²) >= 11 is 5.91. The summed E-state index contributed by atoms with van der Waals surface area (Å²) in [5.74, 6) is 1.45. The van der Waals surface area contributed by atoms with E-state index in [0.29, 0.717) is 23.1 Å². The summed E-state index contributed by atoms with van der Waals surface area (Å²) in [6.45, 7) is 3.82. The van der Waals surface area contributed by atoms with Gasteiger partial charge in [0.1, 0.15) is 11.7 Å². The molecule has 2 heterocycles. The molecule has 0 saturated carbocycles. The predicted octanol–water partition coefficient (Wildman–Crippen LogP) is 2.20. The van der Waals surface area contributed by atoms with Crippen molar-refractivity contribution >= 4 is 34.9 Å². The van der Waals surface area contributed by atoms with Gasteiger partial charge in [-0.25, -0.2) is 4.99 Å². The van der Waals surface area contributed by atoms with Crippen LogP contribution >= 0.6 is 11.6 Å². The van der Waals surface area contributed by atoms with Crippen molar-refractivity contribution in [2.75, 3.05) is 38.2 Å². The summed E-state index contributed by atoms with van der Waals surface area (Å²) < 4.78 is 5.36. The second-order valence-electron chi connectivity index (χ2n) is 5.41. The number of benzene rings is 1. The van der Waals surface area contributed by atoms with Crippen molar-refractivity contribution in [1.82, 2.24) is 4.90 Å². The number of aliphatic imine (C=N–C) groups is 2. The molecule has 0 aliphatic carbocycles. The van der Waals surface area contributed by atoms with Gasteiger partial charge in [-0.05, 0) is 18.2 Å². The smallest absolute Gasteiger partial charge is 0.232 e. The first-order valence-corrected chi connectivity index (χ1v) is 8.07. The summed E-state index contributed by atoms with van der Waals surface area (Å²) in [6, 6.07) is 7.07. The van der Waals surface area contributed by atoms with Crippen LogP contribution < -0.4 is 5.32 Å². The highest BCUT2D eigenvalue weighted by molar-refractivity contribution is 6.30. The summed E-state index contributed by atoms with van der Waals surface area (Å²) in [6.07, 6.45) is 0.986. The van der Waals surface area contributed by atoms with Gasteiger partial charge < -0.3 is 15.0 Å². The van der Waals surface area contributed by atoms with Gasteiger partial charge in [0, 0.05) is 36.8 Å². The van der Waals surface area contributed by atoms with E-state index in [0.717, 1.165) is 38.6 Å². The zero-order chi connectivity index (χ0) is 16.1. The molecule has 1 fully saturated rings. The Morgan fingerprint density at radius 1 is 1.35 bits per heavy atom. The molecule has 122 valence electrons. The molecule has 6 nitrogen and oxygen atoms in total. The molecule has 2 aliphatic heterocycles. The largest absolute Gasteiger partial charge is 0.378 e. The van der Waals surface area contributed by atoms with Crippen LogP contribution in [-0.4, -0.2) is 55.3 Å². The van der Waals surface area contributed by atoms with Crippen LogP contribution in [0.2, 0.25) is 5.02 Å². The molecule has 0 radical (unpaired) electrons. The quantitative estimate of drug-likeness (QED) is 0.921. The number of nitrogens with one attached hydrogen (secondary N) is 1. The number of nitrogens with zero attached hydrogens (tertiary/aromatic N) is 3. The Morgan fingerprint density at radius 2 is 2.17 bits per heavy atom. The number of halogens is 1. The maximum atomic E-state index is 12.1. The van der Waals surface area contributed by atoms with Crippen molar-refractivity contribution in [2.24, 2.45) is 9.98 Å². The molecule has 1 aromatic rings. The Kier molecular flexibility index (Phi) is 5.25. The molecule has 0 spiro atoms. The fourth-order valence-electron chi connectivity index (χ4n) is 2.59. The van der Waals surface area contributed by atoms with Crippen LogP contribution in [0, 0.1) is 0 Å². The highest BCUT2D eigenvalue weighted by Crippen LogP contribution is 2.15. The van der Waals surface area contributed by atoms with Crippen LogP contribution in [0.25, 0.3) is 0 Å². The number of anilines is 1. The average Bonchev–Trinajstić information content (AvgIpc) is 2.56. The molecule has 1 aromatic carbocycles. The molecule has 3 rings (SSSR count). The van der Waals surface area contributed by atoms with E-state index in [1.807, 2.05) is 0 Å². The normalized spacial score (nSPS) is 18.2. The Labute approximate surface area is 140 Å². The summed E-state index contributed by atoms with van der Waals surface area (Å²) in [4.78, 5) is 23.3. The third-order valence-electron chi connectivity index (χ3n) is 3.69. The minimum Gasteiger partial charge on any atom is -0.378 e. The van der Waals surface area contributed by atoms with E-state index >= 15 is 0 Å². The molecule has 0 atom stereocenters. The minimum atomic E-state index is -0.141. The zero-order valence-corrected chi connectivity index (χ0v) is 13.6. The Balaban J connectivity index is 1.59. The molecule has 1 amide bonds. The van der Waals surface area contributed by atoms with Crippen LogP contribution in [0.3, 0.4) is 0 Å². The monoisotopic (exact) mass is 334 g/mol. The number of amidine groups is 2. The highest BCUT2D eigenvalue weighted by Gasteiger charge is 2.19. The van der Waals surface area contributed by atoms with Gasteiger partial charge in [0.05, 0.1) is 19.6 Å². The number of rotatable bonds is 3. The molecular formula is C16H19ClN4O2. The van der Waals surface area contributed by atoms with Gasteiger partial charge in [0.2, 0.25) is 5.91 Å². The molecule has 23 heavy (non-hydrogen) atoms. The number of amides is 1. The van der Waals surface area contributed by atoms with Gasteiger partial charge in [-0.2, -0.15) is 0 Å². The molecule has 0 aromatic heterocycles. The fourth-order valence-corrected chi connectivity index (χ4v) is 2.78. The molecule has 1 saturated heterocycles.